The van der Waals surface area contributed by atoms with Gasteiger partial charge in [-0.05, 0) is 84.9 Å². The standard InChI is InChI=1S/C31H31N3O4/c1-20-3-2-4-26(19-32)30(20)33-31(37)34-15-16-38-28-18-25(13-14-27(28)34)24-11-9-23(10-12-24)22-7-5-21(6-8-22)17-29(35)36/h2-4,9-14,18,21-22H,5-8,15-17H2,1H3,(H,33,37)(H,35,36)/t21-,22-. The van der Waals surface area contributed by atoms with E-state index in [1.54, 1.807) is 17.0 Å². The Morgan fingerprint density at radius 2 is 1.79 bits per heavy atom. The van der Waals surface area contributed by atoms with E-state index in [0.29, 0.717) is 47.7 Å². The number of amides is 2. The van der Waals surface area contributed by atoms with Crippen LogP contribution in [-0.2, 0) is 4.79 Å². The summed E-state index contributed by atoms with van der Waals surface area (Å²) in [6.07, 6.45) is 4.26. The van der Waals surface area contributed by atoms with Gasteiger partial charge in [-0.15, -0.1) is 0 Å². The van der Waals surface area contributed by atoms with Crippen LogP contribution in [0.3, 0.4) is 0 Å². The number of nitriles is 1. The van der Waals surface area contributed by atoms with Crippen molar-refractivity contribution in [1.29, 1.82) is 5.26 Å². The van der Waals surface area contributed by atoms with E-state index in [0.717, 1.165) is 42.4 Å². The second-order valence-corrected chi connectivity index (χ2v) is 10.2. The van der Waals surface area contributed by atoms with Crippen LogP contribution in [0.25, 0.3) is 11.1 Å². The summed E-state index contributed by atoms with van der Waals surface area (Å²) in [7, 11) is 0. The molecule has 0 saturated heterocycles. The molecule has 38 heavy (non-hydrogen) atoms. The van der Waals surface area contributed by atoms with Gasteiger partial charge in [-0.2, -0.15) is 5.26 Å². The summed E-state index contributed by atoms with van der Waals surface area (Å²) in [6, 6.07) is 21.7. The number of nitrogens with one attached hydrogen (secondary N) is 1. The van der Waals surface area contributed by atoms with Crippen molar-refractivity contribution >= 4 is 23.4 Å². The fourth-order valence-electron chi connectivity index (χ4n) is 5.61. The highest BCUT2D eigenvalue weighted by Crippen LogP contribution is 2.39. The molecule has 5 rings (SSSR count). The molecule has 0 unspecified atom stereocenters. The number of nitrogens with zero attached hydrogens (tertiary/aromatic N) is 2. The number of para-hydroxylation sites is 1. The Kier molecular flexibility index (Phi) is 7.32. The van der Waals surface area contributed by atoms with Crippen molar-refractivity contribution in [3.05, 3.63) is 77.4 Å². The van der Waals surface area contributed by atoms with Gasteiger partial charge in [0.1, 0.15) is 18.4 Å². The van der Waals surface area contributed by atoms with Gasteiger partial charge >= 0.3 is 12.0 Å². The van der Waals surface area contributed by atoms with E-state index in [2.05, 4.69) is 35.7 Å². The normalized spacial score (nSPS) is 18.6. The first kappa shape index (κ1) is 25.3. The van der Waals surface area contributed by atoms with Crippen molar-refractivity contribution in [3.8, 4) is 22.9 Å². The number of rotatable bonds is 5. The number of carbonyl (C=O) groups excluding carboxylic acids is 1. The highest BCUT2D eigenvalue weighted by atomic mass is 16.5. The van der Waals surface area contributed by atoms with Gasteiger partial charge < -0.3 is 15.2 Å². The maximum atomic E-state index is 13.2. The van der Waals surface area contributed by atoms with Gasteiger partial charge in [0.15, 0.2) is 0 Å². The zero-order chi connectivity index (χ0) is 26.6. The van der Waals surface area contributed by atoms with Crippen LogP contribution in [0.15, 0.2) is 60.7 Å². The molecule has 1 heterocycles. The second kappa shape index (κ2) is 11.0. The van der Waals surface area contributed by atoms with E-state index in [4.69, 9.17) is 9.84 Å². The Morgan fingerprint density at radius 3 is 2.50 bits per heavy atom. The van der Waals surface area contributed by atoms with Crippen LogP contribution in [0, 0.1) is 24.2 Å². The molecule has 2 amide bonds. The van der Waals surface area contributed by atoms with Crippen LogP contribution in [0.2, 0.25) is 0 Å². The smallest absolute Gasteiger partial charge is 0.326 e. The zero-order valence-corrected chi connectivity index (χ0v) is 21.4. The monoisotopic (exact) mass is 509 g/mol. The van der Waals surface area contributed by atoms with Gasteiger partial charge in [-0.25, -0.2) is 4.79 Å². The average molecular weight is 510 g/mol. The predicted molar refractivity (Wildman–Crippen MR) is 147 cm³/mol. The molecular formula is C31H31N3O4. The number of carboxylic acid groups (broad SMARTS) is 1. The van der Waals surface area contributed by atoms with Gasteiger partial charge in [0.25, 0.3) is 0 Å². The zero-order valence-electron chi connectivity index (χ0n) is 21.4. The van der Waals surface area contributed by atoms with E-state index >= 15 is 0 Å². The molecule has 2 aliphatic rings. The molecule has 7 nitrogen and oxygen atoms in total. The number of carboxylic acids is 1. The molecule has 3 aromatic carbocycles. The molecule has 0 bridgehead atoms. The first-order chi connectivity index (χ1) is 18.4. The lowest BCUT2D eigenvalue weighted by atomic mass is 9.77. The lowest BCUT2D eigenvalue weighted by Gasteiger charge is -2.30. The number of anilines is 2. The third kappa shape index (κ3) is 5.35. The maximum Gasteiger partial charge on any atom is 0.326 e. The van der Waals surface area contributed by atoms with Crippen LogP contribution < -0.4 is 15.0 Å². The number of aliphatic carboxylic acids is 1. The highest BCUT2D eigenvalue weighted by Gasteiger charge is 2.26. The topological polar surface area (TPSA) is 103 Å². The summed E-state index contributed by atoms with van der Waals surface area (Å²) in [5, 5.41) is 21.4. The lowest BCUT2D eigenvalue weighted by Crippen LogP contribution is -2.41. The molecule has 1 fully saturated rings. The number of carbonyl (C=O) groups is 2. The van der Waals surface area contributed by atoms with Gasteiger partial charge in [0.05, 0.1) is 23.5 Å². The Morgan fingerprint density at radius 1 is 1.05 bits per heavy atom. The number of ether oxygens (including phenoxy) is 1. The molecule has 1 aliphatic carbocycles. The second-order valence-electron chi connectivity index (χ2n) is 10.2. The largest absolute Gasteiger partial charge is 0.490 e. The van der Waals surface area contributed by atoms with Crippen LogP contribution in [0.1, 0.15) is 54.7 Å². The van der Waals surface area contributed by atoms with Gasteiger partial charge in [-0.3, -0.25) is 9.69 Å². The fourth-order valence-corrected chi connectivity index (χ4v) is 5.61. The van der Waals surface area contributed by atoms with E-state index < -0.39 is 5.97 Å². The number of fused-ring (bicyclic) bond motifs is 1. The van der Waals surface area contributed by atoms with Crippen molar-refractivity contribution in [1.82, 2.24) is 0 Å². The summed E-state index contributed by atoms with van der Waals surface area (Å²) in [6.45, 7) is 2.66. The van der Waals surface area contributed by atoms with Crippen LogP contribution >= 0.6 is 0 Å². The number of urea groups is 1. The molecule has 0 atom stereocenters. The number of benzene rings is 3. The first-order valence-electron chi connectivity index (χ1n) is 13.1. The van der Waals surface area contributed by atoms with Gasteiger partial charge in [-0.1, -0.05) is 42.5 Å². The molecular weight excluding hydrogens is 478 g/mol. The molecule has 0 aromatic heterocycles. The lowest BCUT2D eigenvalue weighted by molar-refractivity contribution is -0.138. The molecule has 1 aliphatic heterocycles. The van der Waals surface area contributed by atoms with Crippen molar-refractivity contribution < 1.29 is 19.4 Å². The van der Waals surface area contributed by atoms with Crippen molar-refractivity contribution in [2.24, 2.45) is 5.92 Å². The average Bonchev–Trinajstić information content (AvgIpc) is 2.93. The van der Waals surface area contributed by atoms with E-state index in [-0.39, 0.29) is 12.5 Å². The Hall–Kier alpha value is -4.31. The minimum absolute atomic E-state index is 0.276. The van der Waals surface area contributed by atoms with E-state index in [1.165, 1.54) is 5.56 Å². The molecule has 3 aromatic rings. The summed E-state index contributed by atoms with van der Waals surface area (Å²) >= 11 is 0. The Balaban J connectivity index is 1.29. The molecule has 1 saturated carbocycles. The van der Waals surface area contributed by atoms with Gasteiger partial charge in [0.2, 0.25) is 0 Å². The fraction of sp³-hybridized carbons (Fsp3) is 0.323. The summed E-state index contributed by atoms with van der Waals surface area (Å²) in [4.78, 5) is 25.8. The van der Waals surface area contributed by atoms with Crippen LogP contribution in [-0.4, -0.2) is 30.3 Å². The highest BCUT2D eigenvalue weighted by molar-refractivity contribution is 6.04. The Labute approximate surface area is 222 Å². The number of hydrogen-bond acceptors (Lipinski definition) is 4. The Bertz CT molecular complexity index is 1390. The number of hydrogen-bond donors (Lipinski definition) is 2. The molecule has 7 heteroatoms. The van der Waals surface area contributed by atoms with Crippen LogP contribution in [0.5, 0.6) is 5.75 Å². The third-order valence-corrected chi connectivity index (χ3v) is 7.72. The summed E-state index contributed by atoms with van der Waals surface area (Å²) < 4.78 is 5.93. The third-order valence-electron chi connectivity index (χ3n) is 7.72. The van der Waals surface area contributed by atoms with Crippen molar-refractivity contribution in [2.75, 3.05) is 23.4 Å². The van der Waals surface area contributed by atoms with Crippen molar-refractivity contribution in [3.63, 3.8) is 0 Å². The summed E-state index contributed by atoms with van der Waals surface area (Å²) in [5.74, 6) is 0.720. The van der Waals surface area contributed by atoms with E-state index in [1.807, 2.05) is 31.2 Å². The summed E-state index contributed by atoms with van der Waals surface area (Å²) in [5.41, 5.74) is 5.86. The molecule has 0 spiro atoms. The molecule has 194 valence electrons. The van der Waals surface area contributed by atoms with Crippen molar-refractivity contribution in [2.45, 2.75) is 44.9 Å². The van der Waals surface area contributed by atoms with Gasteiger partial charge in [0, 0.05) is 6.42 Å². The SMILES string of the molecule is Cc1cccc(C#N)c1NC(=O)N1CCOc2cc(-c3ccc([C@H]4CC[C@H](CC(=O)O)CC4)cc3)ccc21. The van der Waals surface area contributed by atoms with E-state index in [9.17, 15) is 14.9 Å². The predicted octanol–water partition coefficient (Wildman–Crippen LogP) is 6.71. The van der Waals surface area contributed by atoms with Crippen LogP contribution in [0.4, 0.5) is 16.2 Å². The minimum atomic E-state index is -0.699. The number of aryl methyl sites for hydroxylation is 1. The minimum Gasteiger partial charge on any atom is -0.490 e. The molecule has 0 radical (unpaired) electrons. The first-order valence-corrected chi connectivity index (χ1v) is 13.1. The maximum absolute atomic E-state index is 13.2. The quantitative estimate of drug-likeness (QED) is 0.398. The molecule has 2 N–H and O–H groups in total.